The molecule has 5 aliphatic rings. The molecule has 2 nitrogen and oxygen atoms in total. The van der Waals surface area contributed by atoms with E-state index in [9.17, 15) is 0 Å². The molecule has 5 unspecified atom stereocenters. The Morgan fingerprint density at radius 1 is 0.654 bits per heavy atom. The van der Waals surface area contributed by atoms with E-state index in [1.54, 1.807) is 0 Å². The predicted octanol–water partition coefficient (Wildman–Crippen LogP) is 11.0. The number of para-hydroxylation sites is 1. The fourth-order valence-electron chi connectivity index (χ4n) is 9.02. The van der Waals surface area contributed by atoms with E-state index in [0.717, 1.165) is 19.3 Å². The van der Waals surface area contributed by atoms with Gasteiger partial charge in [0.15, 0.2) is 0 Å². The second-order valence-electron chi connectivity index (χ2n) is 17.4. The number of fused-ring (bicyclic) bond motifs is 4. The number of hydrogen-bond donors (Lipinski definition) is 0. The zero-order valence-corrected chi connectivity index (χ0v) is 31.8. The number of allylic oxidation sites excluding steroid dienone is 10. The van der Waals surface area contributed by atoms with Crippen molar-refractivity contribution in [3.8, 4) is 0 Å². The van der Waals surface area contributed by atoms with Gasteiger partial charge in [-0.25, -0.2) is 0 Å². The molecule has 0 radical (unpaired) electrons. The van der Waals surface area contributed by atoms with E-state index in [2.05, 4.69) is 203 Å². The first-order valence-corrected chi connectivity index (χ1v) is 19.4. The predicted molar refractivity (Wildman–Crippen MR) is 221 cm³/mol. The summed E-state index contributed by atoms with van der Waals surface area (Å²) in [6.45, 7) is 14.0. The molecule has 0 aliphatic heterocycles. The molecule has 0 N–H and O–H groups in total. The molecule has 0 fully saturated rings. The summed E-state index contributed by atoms with van der Waals surface area (Å²) >= 11 is 0. The Bertz CT molecular complexity index is 2150. The molecule has 0 saturated carbocycles. The number of anilines is 2. The summed E-state index contributed by atoms with van der Waals surface area (Å²) in [7, 11) is 0. The highest BCUT2D eigenvalue weighted by Crippen LogP contribution is 2.50. The number of benzene rings is 3. The first kappa shape index (κ1) is 34.3. The minimum atomic E-state index is 0.0979. The van der Waals surface area contributed by atoms with Gasteiger partial charge in [0.1, 0.15) is 0 Å². The summed E-state index contributed by atoms with van der Waals surface area (Å²) in [4.78, 5) is 5.22. The van der Waals surface area contributed by atoms with Crippen molar-refractivity contribution in [3.05, 3.63) is 179 Å². The summed E-state index contributed by atoms with van der Waals surface area (Å²) in [5, 5.41) is 2.74. The number of nitrogens with zero attached hydrogens (tertiary/aromatic N) is 2. The Balaban J connectivity index is 1.33. The summed E-state index contributed by atoms with van der Waals surface area (Å²) in [5.74, 6) is 1.50. The molecule has 0 aromatic heterocycles. The molecule has 5 atom stereocenters. The third-order valence-corrected chi connectivity index (χ3v) is 12.0. The summed E-state index contributed by atoms with van der Waals surface area (Å²) < 4.78 is 0. The topological polar surface area (TPSA) is 6.48 Å². The van der Waals surface area contributed by atoms with E-state index >= 15 is 0 Å². The molecule has 3 aromatic carbocycles. The van der Waals surface area contributed by atoms with Gasteiger partial charge in [0.2, 0.25) is 0 Å². The van der Waals surface area contributed by atoms with Crippen LogP contribution in [0.15, 0.2) is 163 Å². The molecule has 5 aliphatic carbocycles. The molecule has 2 heteroatoms. The van der Waals surface area contributed by atoms with Gasteiger partial charge in [-0.3, -0.25) is 0 Å². The molecule has 3 aromatic rings. The lowest BCUT2D eigenvalue weighted by atomic mass is 9.66. The minimum absolute atomic E-state index is 0.0979. The standard InChI is InChI=1S/C50H54N2/c1-49(2,3)35-25-29-39(30-26-35)51(37-17-9-7-10-18-37)47-33-45-42-22-14-16-24-44(42)48(34-46(45)41-21-13-15-23-43(41)47)52(38-19-11-8-12-20-38)40-31-27-36(28-32-40)50(4,5)6/h7-19,21-27,29-33,36,38,41,43,46H,20,28,34H2,1-6H3. The van der Waals surface area contributed by atoms with Crippen LogP contribution in [0.4, 0.5) is 11.4 Å². The largest absolute Gasteiger partial charge is 0.338 e. The highest BCUT2D eigenvalue weighted by Gasteiger charge is 2.41. The van der Waals surface area contributed by atoms with Crippen LogP contribution < -0.4 is 15.3 Å². The van der Waals surface area contributed by atoms with E-state index < -0.39 is 0 Å². The zero-order chi connectivity index (χ0) is 36.0. The molecule has 8 rings (SSSR count). The fraction of sp³-hybridized carbons (Fsp3) is 0.320. The monoisotopic (exact) mass is 682 g/mol. The van der Waals surface area contributed by atoms with Crippen LogP contribution in [0.25, 0.3) is 11.3 Å². The summed E-state index contributed by atoms with van der Waals surface area (Å²) in [6.07, 6.45) is 31.8. The van der Waals surface area contributed by atoms with Crippen LogP contribution in [0.1, 0.15) is 66.4 Å². The van der Waals surface area contributed by atoms with Crippen LogP contribution in [-0.4, -0.2) is 10.9 Å². The van der Waals surface area contributed by atoms with Gasteiger partial charge in [0, 0.05) is 39.6 Å². The van der Waals surface area contributed by atoms with Gasteiger partial charge in [-0.1, -0.05) is 157 Å². The van der Waals surface area contributed by atoms with Crippen LogP contribution in [0.5, 0.6) is 0 Å². The minimum Gasteiger partial charge on any atom is -0.338 e. The van der Waals surface area contributed by atoms with Crippen molar-refractivity contribution in [2.45, 2.75) is 72.3 Å². The quantitative estimate of drug-likeness (QED) is 0.255. The second kappa shape index (κ2) is 13.6. The normalized spacial score (nSPS) is 24.8. The average molecular weight is 683 g/mol. The van der Waals surface area contributed by atoms with Crippen molar-refractivity contribution in [3.63, 3.8) is 0 Å². The number of hydrogen-bond acceptors (Lipinski definition) is 2. The average Bonchev–Trinajstić information content (AvgIpc) is 3.16. The Hall–Kier alpha value is -4.82. The molecular weight excluding hydrogens is 629 g/mol. The van der Waals surface area contributed by atoms with Crippen LogP contribution in [-0.2, 0) is 5.41 Å². The maximum Gasteiger partial charge on any atom is 0.0556 e. The zero-order valence-electron chi connectivity index (χ0n) is 31.8. The fourth-order valence-corrected chi connectivity index (χ4v) is 9.02. The maximum absolute atomic E-state index is 2.70. The number of rotatable bonds is 6. The van der Waals surface area contributed by atoms with Crippen LogP contribution >= 0.6 is 0 Å². The van der Waals surface area contributed by atoms with Gasteiger partial charge in [-0.2, -0.15) is 0 Å². The molecule has 0 spiro atoms. The lowest BCUT2D eigenvalue weighted by molar-refractivity contribution is 0.288. The summed E-state index contributed by atoms with van der Waals surface area (Å²) in [5.41, 5.74) is 9.69. The summed E-state index contributed by atoms with van der Waals surface area (Å²) in [6, 6.07) is 29.8. The first-order chi connectivity index (χ1) is 25.1. The van der Waals surface area contributed by atoms with Gasteiger partial charge in [-0.15, -0.1) is 0 Å². The van der Waals surface area contributed by atoms with E-state index in [1.165, 1.54) is 50.0 Å². The Kier molecular flexibility index (Phi) is 8.98. The van der Waals surface area contributed by atoms with Crippen molar-refractivity contribution < 1.29 is 0 Å². The maximum atomic E-state index is 2.70. The molecule has 0 bridgehead atoms. The van der Waals surface area contributed by atoms with Gasteiger partial charge in [0.05, 0.1) is 6.04 Å². The first-order valence-electron chi connectivity index (χ1n) is 19.4. The van der Waals surface area contributed by atoms with E-state index in [-0.39, 0.29) is 22.8 Å². The van der Waals surface area contributed by atoms with Gasteiger partial charge in [0.25, 0.3) is 0 Å². The van der Waals surface area contributed by atoms with Crippen LogP contribution in [0.2, 0.25) is 0 Å². The lowest BCUT2D eigenvalue weighted by Crippen LogP contribution is -2.47. The highest BCUT2D eigenvalue weighted by molar-refractivity contribution is 5.77. The van der Waals surface area contributed by atoms with Crippen LogP contribution in [0.3, 0.4) is 0 Å². The van der Waals surface area contributed by atoms with E-state index in [0.29, 0.717) is 17.8 Å². The smallest absolute Gasteiger partial charge is 0.0556 e. The van der Waals surface area contributed by atoms with Crippen molar-refractivity contribution >= 4 is 22.6 Å². The molecule has 0 saturated heterocycles. The Morgan fingerprint density at radius 3 is 2.02 bits per heavy atom. The van der Waals surface area contributed by atoms with Gasteiger partial charge >= 0.3 is 0 Å². The lowest BCUT2D eigenvalue weighted by Gasteiger charge is -2.46. The molecule has 264 valence electrons. The Labute approximate surface area is 312 Å². The van der Waals surface area contributed by atoms with Crippen molar-refractivity contribution in [1.82, 2.24) is 4.90 Å². The van der Waals surface area contributed by atoms with Crippen LogP contribution in [0, 0.1) is 29.1 Å². The van der Waals surface area contributed by atoms with E-state index in [1.807, 2.05) is 0 Å². The molecular formula is C50H54N2. The van der Waals surface area contributed by atoms with Crippen molar-refractivity contribution in [2.24, 2.45) is 29.1 Å². The van der Waals surface area contributed by atoms with Gasteiger partial charge in [-0.05, 0) is 101 Å². The molecule has 0 heterocycles. The van der Waals surface area contributed by atoms with Gasteiger partial charge < -0.3 is 9.80 Å². The van der Waals surface area contributed by atoms with Crippen molar-refractivity contribution in [1.29, 1.82) is 0 Å². The highest BCUT2D eigenvalue weighted by atomic mass is 15.2. The van der Waals surface area contributed by atoms with E-state index in [4.69, 9.17) is 0 Å². The Morgan fingerprint density at radius 2 is 1.35 bits per heavy atom. The molecule has 0 amide bonds. The third kappa shape index (κ3) is 6.42. The second-order valence-corrected chi connectivity index (χ2v) is 17.4. The third-order valence-electron chi connectivity index (χ3n) is 12.0. The van der Waals surface area contributed by atoms with Crippen molar-refractivity contribution in [2.75, 3.05) is 4.90 Å². The molecule has 52 heavy (non-hydrogen) atoms. The SMILES string of the molecule is CC(C)(C)c1ccc(N(C2=CC3=c4ccccc4=C(N(C4=CCC(C(C)(C)C)C=C4)C4C=CC=CC4)CC3C3C=CC=CC23)c2ccccc2)cc1.